The van der Waals surface area contributed by atoms with Gasteiger partial charge in [-0.15, -0.1) is 0 Å². The Morgan fingerprint density at radius 1 is 1.32 bits per heavy atom. The van der Waals surface area contributed by atoms with E-state index >= 15 is 0 Å². The molecule has 1 unspecified atom stereocenters. The number of hydrogen-bond acceptors (Lipinski definition) is 1. The second-order valence-corrected chi connectivity index (χ2v) is 5.57. The van der Waals surface area contributed by atoms with Crippen LogP contribution in [-0.4, -0.2) is 10.6 Å². The summed E-state index contributed by atoms with van der Waals surface area (Å²) in [7, 11) is 0. The molecule has 2 rings (SSSR count). The lowest BCUT2D eigenvalue weighted by molar-refractivity contribution is 0.645. The quantitative estimate of drug-likeness (QED) is 0.885. The second kappa shape index (κ2) is 6.27. The van der Waals surface area contributed by atoms with Crippen molar-refractivity contribution in [1.29, 1.82) is 0 Å². The van der Waals surface area contributed by atoms with Crippen LogP contribution in [0.5, 0.6) is 0 Å². The standard InChI is InChI=1S/C16H21ClN2/c1-3-15(18)9-13-6-7-19(10-13)11-14-5-4-12(2)8-16(14)17/h4-8,10,15H,3,9,11,18H2,1-2H3. The zero-order valence-electron chi connectivity index (χ0n) is 11.6. The van der Waals surface area contributed by atoms with Crippen molar-refractivity contribution >= 4 is 11.6 Å². The van der Waals surface area contributed by atoms with Gasteiger partial charge < -0.3 is 10.3 Å². The lowest BCUT2D eigenvalue weighted by Crippen LogP contribution is -2.21. The van der Waals surface area contributed by atoms with Gasteiger partial charge in [0, 0.05) is 30.0 Å². The summed E-state index contributed by atoms with van der Waals surface area (Å²) in [6, 6.07) is 8.58. The van der Waals surface area contributed by atoms with Crippen molar-refractivity contribution < 1.29 is 0 Å². The highest BCUT2D eigenvalue weighted by Gasteiger charge is 2.05. The smallest absolute Gasteiger partial charge is 0.0485 e. The number of aryl methyl sites for hydroxylation is 1. The molecule has 2 nitrogen and oxygen atoms in total. The molecular weight excluding hydrogens is 256 g/mol. The highest BCUT2D eigenvalue weighted by Crippen LogP contribution is 2.19. The number of rotatable bonds is 5. The summed E-state index contributed by atoms with van der Waals surface area (Å²) in [5.41, 5.74) is 9.60. The number of benzene rings is 1. The van der Waals surface area contributed by atoms with Crippen LogP contribution in [0.1, 0.15) is 30.0 Å². The third-order valence-corrected chi connectivity index (χ3v) is 3.75. The zero-order valence-corrected chi connectivity index (χ0v) is 12.3. The molecule has 1 atom stereocenters. The van der Waals surface area contributed by atoms with Crippen LogP contribution in [0.25, 0.3) is 0 Å². The van der Waals surface area contributed by atoms with Crippen LogP contribution in [0.15, 0.2) is 36.7 Å². The number of nitrogens with zero attached hydrogens (tertiary/aromatic N) is 1. The fourth-order valence-electron chi connectivity index (χ4n) is 2.13. The maximum absolute atomic E-state index is 6.26. The lowest BCUT2D eigenvalue weighted by atomic mass is 10.1. The first-order chi connectivity index (χ1) is 9.08. The van der Waals surface area contributed by atoms with Crippen molar-refractivity contribution in [2.45, 2.75) is 39.3 Å². The molecule has 1 aromatic carbocycles. The van der Waals surface area contributed by atoms with Crippen molar-refractivity contribution in [2.75, 3.05) is 0 Å². The molecule has 2 N–H and O–H groups in total. The summed E-state index contributed by atoms with van der Waals surface area (Å²) in [4.78, 5) is 0. The Balaban J connectivity index is 2.07. The van der Waals surface area contributed by atoms with Gasteiger partial charge in [-0.3, -0.25) is 0 Å². The maximum Gasteiger partial charge on any atom is 0.0485 e. The van der Waals surface area contributed by atoms with E-state index in [1.165, 1.54) is 11.1 Å². The highest BCUT2D eigenvalue weighted by atomic mass is 35.5. The summed E-state index contributed by atoms with van der Waals surface area (Å²) in [5.74, 6) is 0. The molecule has 0 aliphatic carbocycles. The summed E-state index contributed by atoms with van der Waals surface area (Å²) in [6.07, 6.45) is 6.19. The zero-order chi connectivity index (χ0) is 13.8. The number of halogens is 1. The monoisotopic (exact) mass is 276 g/mol. The maximum atomic E-state index is 6.26. The Labute approximate surface area is 120 Å². The summed E-state index contributed by atoms with van der Waals surface area (Å²) >= 11 is 6.26. The van der Waals surface area contributed by atoms with Gasteiger partial charge >= 0.3 is 0 Å². The summed E-state index contributed by atoms with van der Waals surface area (Å²) in [5, 5.41) is 0.834. The summed E-state index contributed by atoms with van der Waals surface area (Å²) < 4.78 is 2.16. The Hall–Kier alpha value is -1.25. The first kappa shape index (κ1) is 14.2. The Kier molecular flexibility index (Phi) is 4.67. The van der Waals surface area contributed by atoms with Crippen LogP contribution < -0.4 is 5.73 Å². The Morgan fingerprint density at radius 2 is 2.11 bits per heavy atom. The predicted octanol–water partition coefficient (Wildman–Crippen LogP) is 3.78. The average Bonchev–Trinajstić information content (AvgIpc) is 2.80. The van der Waals surface area contributed by atoms with Gasteiger partial charge in [-0.25, -0.2) is 0 Å². The van der Waals surface area contributed by atoms with Gasteiger partial charge in [0.2, 0.25) is 0 Å². The van der Waals surface area contributed by atoms with Gasteiger partial charge in [0.1, 0.15) is 0 Å². The van der Waals surface area contributed by atoms with Gasteiger partial charge in [-0.05, 0) is 48.6 Å². The van der Waals surface area contributed by atoms with Crippen molar-refractivity contribution in [1.82, 2.24) is 4.57 Å². The van der Waals surface area contributed by atoms with Crippen molar-refractivity contribution in [2.24, 2.45) is 5.73 Å². The van der Waals surface area contributed by atoms with E-state index in [-0.39, 0.29) is 6.04 Å². The van der Waals surface area contributed by atoms with Crippen molar-refractivity contribution in [3.8, 4) is 0 Å². The number of nitrogens with two attached hydrogens (primary N) is 1. The van der Waals surface area contributed by atoms with Gasteiger partial charge in [0.25, 0.3) is 0 Å². The van der Waals surface area contributed by atoms with E-state index in [0.29, 0.717) is 0 Å². The largest absolute Gasteiger partial charge is 0.350 e. The minimum atomic E-state index is 0.249. The van der Waals surface area contributed by atoms with E-state index in [1.807, 2.05) is 6.07 Å². The highest BCUT2D eigenvalue weighted by molar-refractivity contribution is 6.31. The Morgan fingerprint density at radius 3 is 2.79 bits per heavy atom. The molecule has 0 saturated heterocycles. The van der Waals surface area contributed by atoms with Crippen LogP contribution in [-0.2, 0) is 13.0 Å². The summed E-state index contributed by atoms with van der Waals surface area (Å²) in [6.45, 7) is 4.98. The molecule has 1 heterocycles. The van der Waals surface area contributed by atoms with Crippen molar-refractivity contribution in [3.05, 3.63) is 58.4 Å². The van der Waals surface area contributed by atoms with Crippen LogP contribution >= 0.6 is 11.6 Å². The molecule has 0 spiro atoms. The van der Waals surface area contributed by atoms with E-state index in [1.54, 1.807) is 0 Å². The third kappa shape index (κ3) is 3.85. The van der Waals surface area contributed by atoms with Gasteiger partial charge in [-0.1, -0.05) is 30.7 Å². The van der Waals surface area contributed by atoms with Crippen molar-refractivity contribution in [3.63, 3.8) is 0 Å². The molecule has 0 saturated carbocycles. The fourth-order valence-corrected chi connectivity index (χ4v) is 2.43. The molecule has 3 heteroatoms. The lowest BCUT2D eigenvalue weighted by Gasteiger charge is -2.08. The number of aromatic nitrogens is 1. The average molecular weight is 277 g/mol. The molecule has 19 heavy (non-hydrogen) atoms. The number of hydrogen-bond donors (Lipinski definition) is 1. The van der Waals surface area contributed by atoms with E-state index in [0.717, 1.165) is 30.0 Å². The Bertz CT molecular complexity index is 545. The molecule has 0 radical (unpaired) electrons. The predicted molar refractivity (Wildman–Crippen MR) is 81.7 cm³/mol. The van der Waals surface area contributed by atoms with Gasteiger partial charge in [0.15, 0.2) is 0 Å². The fraction of sp³-hybridized carbons (Fsp3) is 0.375. The van der Waals surface area contributed by atoms with E-state index < -0.39 is 0 Å². The third-order valence-electron chi connectivity index (χ3n) is 3.40. The van der Waals surface area contributed by atoms with E-state index in [2.05, 4.69) is 49.0 Å². The molecule has 0 aliphatic heterocycles. The van der Waals surface area contributed by atoms with E-state index in [9.17, 15) is 0 Å². The van der Waals surface area contributed by atoms with Crippen LogP contribution in [0.4, 0.5) is 0 Å². The normalized spacial score (nSPS) is 12.6. The van der Waals surface area contributed by atoms with Gasteiger partial charge in [0.05, 0.1) is 0 Å². The molecule has 1 aromatic heterocycles. The molecule has 2 aromatic rings. The minimum absolute atomic E-state index is 0.249. The van der Waals surface area contributed by atoms with Crippen LogP contribution in [0.3, 0.4) is 0 Å². The molecule has 0 aliphatic rings. The molecule has 0 amide bonds. The molecule has 0 fully saturated rings. The second-order valence-electron chi connectivity index (χ2n) is 5.16. The topological polar surface area (TPSA) is 30.9 Å². The van der Waals surface area contributed by atoms with Crippen LogP contribution in [0.2, 0.25) is 5.02 Å². The first-order valence-corrected chi connectivity index (χ1v) is 7.11. The minimum Gasteiger partial charge on any atom is -0.350 e. The van der Waals surface area contributed by atoms with Crippen LogP contribution in [0, 0.1) is 6.92 Å². The molecule has 0 bridgehead atoms. The SMILES string of the molecule is CCC(N)Cc1ccn(Cc2ccc(C)cc2Cl)c1. The molecular formula is C16H21ClN2. The van der Waals surface area contributed by atoms with Gasteiger partial charge in [-0.2, -0.15) is 0 Å². The molecule has 102 valence electrons. The van der Waals surface area contributed by atoms with E-state index in [4.69, 9.17) is 17.3 Å². The first-order valence-electron chi connectivity index (χ1n) is 6.73.